The highest BCUT2D eigenvalue weighted by atomic mass is 31.2. The summed E-state index contributed by atoms with van der Waals surface area (Å²) in [6.45, 7) is 1.48. The summed E-state index contributed by atoms with van der Waals surface area (Å²) < 4.78 is 5.83. The van der Waals surface area contributed by atoms with E-state index in [1.807, 2.05) is 24.3 Å². The average molecular weight is 547 g/mol. The van der Waals surface area contributed by atoms with E-state index in [2.05, 4.69) is 96.3 Å². The smallest absolute Gasteiger partial charge is 0.311 e. The van der Waals surface area contributed by atoms with Crippen molar-refractivity contribution in [1.82, 2.24) is 0 Å². The van der Waals surface area contributed by atoms with E-state index in [-0.39, 0.29) is 11.9 Å². The van der Waals surface area contributed by atoms with Crippen LogP contribution in [0.15, 0.2) is 127 Å². The van der Waals surface area contributed by atoms with Crippen molar-refractivity contribution in [2.45, 2.75) is 26.2 Å². The number of unbranched alkanes of at least 4 members (excludes halogenated alkanes) is 1. The van der Waals surface area contributed by atoms with Crippen LogP contribution in [0.3, 0.4) is 0 Å². The molecule has 0 unspecified atom stereocenters. The molecule has 0 aromatic heterocycles. The maximum atomic E-state index is 13.0. The van der Waals surface area contributed by atoms with Crippen LogP contribution >= 0.6 is 7.26 Å². The third-order valence-corrected chi connectivity index (χ3v) is 11.7. The van der Waals surface area contributed by atoms with Gasteiger partial charge >= 0.3 is 5.97 Å². The van der Waals surface area contributed by atoms with Gasteiger partial charge in [0.25, 0.3) is 0 Å². The fourth-order valence-corrected chi connectivity index (χ4v) is 9.74. The van der Waals surface area contributed by atoms with Crippen LogP contribution in [0.5, 0.6) is 5.75 Å². The molecule has 0 spiro atoms. The Labute approximate surface area is 236 Å². The molecule has 1 N–H and O–H groups in total. The van der Waals surface area contributed by atoms with E-state index in [1.165, 1.54) is 22.8 Å². The van der Waals surface area contributed by atoms with Crippen LogP contribution in [0.25, 0.3) is 10.8 Å². The van der Waals surface area contributed by atoms with Crippen molar-refractivity contribution >= 4 is 51.5 Å². The lowest BCUT2D eigenvalue weighted by molar-refractivity contribution is -0.134. The molecular formula is C35H33NO3P+. The molecule has 5 aromatic carbocycles. The fourth-order valence-electron chi connectivity index (χ4n) is 5.33. The monoisotopic (exact) mass is 546 g/mol. The van der Waals surface area contributed by atoms with Crippen LogP contribution in [0.2, 0.25) is 0 Å². The van der Waals surface area contributed by atoms with E-state index < -0.39 is 7.26 Å². The Bertz CT molecular complexity index is 1490. The zero-order valence-electron chi connectivity index (χ0n) is 22.6. The van der Waals surface area contributed by atoms with Gasteiger partial charge in [-0.05, 0) is 61.4 Å². The van der Waals surface area contributed by atoms with Crippen molar-refractivity contribution in [2.75, 3.05) is 11.5 Å². The number of esters is 1. The summed E-state index contributed by atoms with van der Waals surface area (Å²) in [7, 11) is -1.92. The maximum Gasteiger partial charge on any atom is 0.311 e. The van der Waals surface area contributed by atoms with Gasteiger partial charge in [-0.3, -0.25) is 9.59 Å². The number of hydrogen-bond donors (Lipinski definition) is 1. The first-order valence-corrected chi connectivity index (χ1v) is 15.6. The predicted molar refractivity (Wildman–Crippen MR) is 168 cm³/mol. The Morgan fingerprint density at radius 3 is 1.65 bits per heavy atom. The lowest BCUT2D eigenvalue weighted by atomic mass is 10.1. The van der Waals surface area contributed by atoms with Gasteiger partial charge in [-0.1, -0.05) is 78.9 Å². The normalized spacial score (nSPS) is 11.2. The van der Waals surface area contributed by atoms with Crippen molar-refractivity contribution in [1.29, 1.82) is 0 Å². The second-order valence-electron chi connectivity index (χ2n) is 9.81. The van der Waals surface area contributed by atoms with E-state index in [0.717, 1.165) is 29.8 Å². The molecule has 0 aliphatic carbocycles. The van der Waals surface area contributed by atoms with E-state index in [1.54, 1.807) is 12.1 Å². The molecule has 5 aromatic rings. The summed E-state index contributed by atoms with van der Waals surface area (Å²) in [6.07, 6.45) is 2.92. The van der Waals surface area contributed by atoms with E-state index in [9.17, 15) is 9.59 Å². The zero-order chi connectivity index (χ0) is 27.8. The highest BCUT2D eigenvalue weighted by Crippen LogP contribution is 2.56. The summed E-state index contributed by atoms with van der Waals surface area (Å²) in [6, 6.07) is 43.6. The van der Waals surface area contributed by atoms with Crippen molar-refractivity contribution in [3.63, 3.8) is 0 Å². The van der Waals surface area contributed by atoms with Crippen LogP contribution in [-0.2, 0) is 9.59 Å². The molecule has 0 saturated carbocycles. The number of benzene rings is 5. The van der Waals surface area contributed by atoms with Gasteiger partial charge in [0.05, 0.1) is 6.16 Å². The molecule has 0 bridgehead atoms. The Morgan fingerprint density at radius 2 is 1.12 bits per heavy atom. The molecule has 0 atom stereocenters. The maximum absolute atomic E-state index is 13.0. The number of amides is 1. The molecule has 0 aliphatic rings. The minimum Gasteiger partial charge on any atom is -0.426 e. The highest BCUT2D eigenvalue weighted by Gasteiger charge is 2.44. The highest BCUT2D eigenvalue weighted by molar-refractivity contribution is 7.95. The largest absolute Gasteiger partial charge is 0.426 e. The number of nitrogens with one attached hydrogen (secondary N) is 1. The molecule has 1 amide bonds. The first-order valence-electron chi connectivity index (χ1n) is 13.6. The zero-order valence-corrected chi connectivity index (χ0v) is 23.5. The van der Waals surface area contributed by atoms with Crippen LogP contribution in [0.4, 0.5) is 5.69 Å². The van der Waals surface area contributed by atoms with Crippen molar-refractivity contribution in [2.24, 2.45) is 0 Å². The fraction of sp³-hybridized carbons (Fsp3) is 0.143. The second kappa shape index (κ2) is 12.7. The Balaban J connectivity index is 1.34. The second-order valence-corrected chi connectivity index (χ2v) is 13.4. The number of carbonyl (C=O) groups excluding carboxylic acids is 2. The molecule has 0 aliphatic heterocycles. The number of hydrogen-bond acceptors (Lipinski definition) is 3. The summed E-state index contributed by atoms with van der Waals surface area (Å²) in [5.74, 6) is 0.116. The number of ether oxygens (including phenoxy) is 1. The lowest BCUT2D eigenvalue weighted by Crippen LogP contribution is -2.33. The molecule has 0 saturated heterocycles. The van der Waals surface area contributed by atoms with E-state index in [4.69, 9.17) is 4.74 Å². The van der Waals surface area contributed by atoms with Crippen molar-refractivity contribution in [3.8, 4) is 5.75 Å². The minimum atomic E-state index is -1.92. The first kappa shape index (κ1) is 27.3. The molecule has 5 heteroatoms. The van der Waals surface area contributed by atoms with Gasteiger partial charge in [-0.2, -0.15) is 0 Å². The topological polar surface area (TPSA) is 55.4 Å². The molecule has 0 fully saturated rings. The van der Waals surface area contributed by atoms with Gasteiger partial charge in [0.15, 0.2) is 0 Å². The molecule has 0 heterocycles. The number of anilines is 1. The van der Waals surface area contributed by atoms with Crippen LogP contribution < -0.4 is 26.0 Å². The number of fused-ring (bicyclic) bond motifs is 1. The lowest BCUT2D eigenvalue weighted by Gasteiger charge is -2.27. The van der Waals surface area contributed by atoms with Crippen LogP contribution in [0.1, 0.15) is 26.2 Å². The quantitative estimate of drug-likeness (QED) is 0.0901. The van der Waals surface area contributed by atoms with Crippen molar-refractivity contribution < 1.29 is 14.3 Å². The first-order chi connectivity index (χ1) is 19.6. The summed E-state index contributed by atoms with van der Waals surface area (Å²) >= 11 is 0. The Kier molecular flexibility index (Phi) is 8.68. The van der Waals surface area contributed by atoms with Crippen LogP contribution in [0, 0.1) is 0 Å². The predicted octanol–water partition coefficient (Wildman–Crippen LogP) is 6.87. The molecule has 40 heavy (non-hydrogen) atoms. The number of carbonyl (C=O) groups is 2. The van der Waals surface area contributed by atoms with Gasteiger partial charge in [-0.25, -0.2) is 0 Å². The van der Waals surface area contributed by atoms with Gasteiger partial charge in [0.1, 0.15) is 28.9 Å². The van der Waals surface area contributed by atoms with Gasteiger partial charge in [0, 0.05) is 29.8 Å². The molecular weight excluding hydrogens is 513 g/mol. The Morgan fingerprint density at radius 1 is 0.625 bits per heavy atom. The van der Waals surface area contributed by atoms with Gasteiger partial charge < -0.3 is 10.1 Å². The van der Waals surface area contributed by atoms with E-state index in [0.29, 0.717) is 17.9 Å². The molecule has 5 rings (SSSR count). The van der Waals surface area contributed by atoms with Gasteiger partial charge in [-0.15, -0.1) is 0 Å². The van der Waals surface area contributed by atoms with Crippen LogP contribution in [-0.4, -0.2) is 18.0 Å². The SMILES string of the molecule is CC(=O)Nc1ccc(OC(=O)CCCC[P+](c2ccccc2)(c2ccccc2)c2ccccc2)c2ccccc12. The average Bonchev–Trinajstić information content (AvgIpc) is 3.00. The standard InChI is InChI=1S/C35H32NO3P/c1-27(37)36-33-24-25-34(32-22-12-11-21-31(32)33)39-35(38)23-13-14-26-40(28-15-5-2-6-16-28,29-17-7-3-8-18-29)30-19-9-4-10-20-30/h2-12,15-22,24-25H,13-14,23,26H2,1H3/p+1. The number of rotatable bonds is 10. The van der Waals surface area contributed by atoms with Crippen molar-refractivity contribution in [3.05, 3.63) is 127 Å². The summed E-state index contributed by atoms with van der Waals surface area (Å²) in [5, 5.41) is 8.53. The Hall–Kier alpha value is -4.27. The third-order valence-electron chi connectivity index (χ3n) is 7.13. The molecule has 200 valence electrons. The summed E-state index contributed by atoms with van der Waals surface area (Å²) in [4.78, 5) is 24.6. The minimum absolute atomic E-state index is 0.143. The third kappa shape index (κ3) is 5.98. The van der Waals surface area contributed by atoms with Gasteiger partial charge in [0.2, 0.25) is 5.91 Å². The van der Waals surface area contributed by atoms with E-state index >= 15 is 0 Å². The molecule has 0 radical (unpaired) electrons. The molecule has 4 nitrogen and oxygen atoms in total. The summed E-state index contributed by atoms with van der Waals surface area (Å²) in [5.41, 5.74) is 0.700.